The molecule has 1 N–H and O–H groups in total. The number of hydrogen-bond donors (Lipinski definition) is 1. The van der Waals surface area contributed by atoms with Gasteiger partial charge in [-0.15, -0.1) is 0 Å². The highest BCUT2D eigenvalue weighted by atomic mass is 16.5. The topological polar surface area (TPSA) is 41.6 Å². The molecule has 0 aromatic carbocycles. The summed E-state index contributed by atoms with van der Waals surface area (Å²) in [6, 6.07) is 0.583. The largest absolute Gasteiger partial charge is 0.465 e. The van der Waals surface area contributed by atoms with E-state index in [9.17, 15) is 4.79 Å². The molecule has 0 aliphatic heterocycles. The molecule has 0 aliphatic rings. The van der Waals surface area contributed by atoms with E-state index in [2.05, 4.69) is 45.0 Å². The van der Waals surface area contributed by atoms with E-state index in [-0.39, 0.29) is 12.0 Å². The van der Waals surface area contributed by atoms with Gasteiger partial charge in [0.1, 0.15) is 5.54 Å². The second kappa shape index (κ2) is 9.35. The summed E-state index contributed by atoms with van der Waals surface area (Å²) >= 11 is 0. The highest BCUT2D eigenvalue weighted by Gasteiger charge is 2.37. The zero-order chi connectivity index (χ0) is 15.8. The fraction of sp³-hybridized carbons (Fsp3) is 0.938. The lowest BCUT2D eigenvalue weighted by Crippen LogP contribution is -2.56. The summed E-state index contributed by atoms with van der Waals surface area (Å²) in [7, 11) is 2.13. The summed E-state index contributed by atoms with van der Waals surface area (Å²) in [5, 5.41) is 3.38. The van der Waals surface area contributed by atoms with Crippen LogP contribution in [-0.4, -0.2) is 48.7 Å². The van der Waals surface area contributed by atoms with E-state index in [1.54, 1.807) is 0 Å². The van der Waals surface area contributed by atoms with E-state index in [1.165, 1.54) is 12.8 Å². The normalized spacial score (nSPS) is 16.2. The molecule has 0 saturated carbocycles. The van der Waals surface area contributed by atoms with Gasteiger partial charge in [-0.25, -0.2) is 0 Å². The molecule has 0 amide bonds. The Morgan fingerprint density at radius 3 is 2.35 bits per heavy atom. The monoisotopic (exact) mass is 286 g/mol. The lowest BCUT2D eigenvalue weighted by molar-refractivity contribution is -0.151. The third-order valence-corrected chi connectivity index (χ3v) is 3.65. The Hall–Kier alpha value is -0.610. The number of rotatable bonds is 10. The Morgan fingerprint density at radius 1 is 1.30 bits per heavy atom. The smallest absolute Gasteiger partial charge is 0.326 e. The van der Waals surface area contributed by atoms with Crippen molar-refractivity contribution in [2.75, 3.05) is 20.2 Å². The van der Waals surface area contributed by atoms with Gasteiger partial charge < -0.3 is 9.64 Å². The summed E-state index contributed by atoms with van der Waals surface area (Å²) in [4.78, 5) is 14.6. The van der Waals surface area contributed by atoms with Crippen molar-refractivity contribution < 1.29 is 9.53 Å². The van der Waals surface area contributed by atoms with Crippen LogP contribution in [0.15, 0.2) is 0 Å². The molecular formula is C16H34N2O2. The number of carbonyl (C=O) groups is 1. The fourth-order valence-electron chi connectivity index (χ4n) is 2.50. The minimum absolute atomic E-state index is 0.149. The zero-order valence-corrected chi connectivity index (χ0v) is 14.5. The van der Waals surface area contributed by atoms with Gasteiger partial charge in [-0.2, -0.15) is 0 Å². The molecule has 0 bridgehead atoms. The second-order valence-electron chi connectivity index (χ2n) is 6.24. The molecule has 0 heterocycles. The third kappa shape index (κ3) is 6.71. The van der Waals surface area contributed by atoms with Crippen LogP contribution < -0.4 is 5.32 Å². The molecule has 4 heteroatoms. The maximum absolute atomic E-state index is 12.3. The molecule has 0 fully saturated rings. The van der Waals surface area contributed by atoms with E-state index in [0.717, 1.165) is 13.0 Å². The molecule has 2 atom stereocenters. The molecule has 0 radical (unpaired) electrons. The Bertz CT molecular complexity index is 282. The van der Waals surface area contributed by atoms with Crippen LogP contribution in [0.3, 0.4) is 0 Å². The highest BCUT2D eigenvalue weighted by Crippen LogP contribution is 2.19. The van der Waals surface area contributed by atoms with Crippen molar-refractivity contribution in [3.63, 3.8) is 0 Å². The summed E-state index contributed by atoms with van der Waals surface area (Å²) in [5.41, 5.74) is -0.621. The molecule has 2 unspecified atom stereocenters. The average Bonchev–Trinajstić information content (AvgIpc) is 2.34. The van der Waals surface area contributed by atoms with Crippen molar-refractivity contribution in [3.05, 3.63) is 0 Å². The first kappa shape index (κ1) is 19.4. The molecule has 0 saturated heterocycles. The van der Waals surface area contributed by atoms with Crippen molar-refractivity contribution >= 4 is 5.97 Å². The summed E-state index contributed by atoms with van der Waals surface area (Å²) in [6.45, 7) is 13.8. The lowest BCUT2D eigenvalue weighted by atomic mass is 9.92. The molecule has 0 spiro atoms. The van der Waals surface area contributed by atoms with Gasteiger partial charge in [0.2, 0.25) is 0 Å². The van der Waals surface area contributed by atoms with E-state index < -0.39 is 5.54 Å². The first-order valence-corrected chi connectivity index (χ1v) is 7.92. The third-order valence-electron chi connectivity index (χ3n) is 3.65. The van der Waals surface area contributed by atoms with Crippen LogP contribution in [0.5, 0.6) is 0 Å². The van der Waals surface area contributed by atoms with Crippen molar-refractivity contribution in [1.82, 2.24) is 10.2 Å². The predicted octanol–water partition coefficient (Wildman–Crippen LogP) is 2.82. The van der Waals surface area contributed by atoms with Crippen LogP contribution >= 0.6 is 0 Å². The van der Waals surface area contributed by atoms with Crippen LogP contribution in [0, 0.1) is 0 Å². The van der Waals surface area contributed by atoms with Gasteiger partial charge in [-0.1, -0.05) is 13.3 Å². The van der Waals surface area contributed by atoms with Crippen molar-refractivity contribution in [2.24, 2.45) is 0 Å². The Morgan fingerprint density at radius 2 is 1.90 bits per heavy atom. The van der Waals surface area contributed by atoms with Crippen LogP contribution in [0.2, 0.25) is 0 Å². The Kier molecular flexibility index (Phi) is 9.06. The zero-order valence-electron chi connectivity index (χ0n) is 14.5. The highest BCUT2D eigenvalue weighted by molar-refractivity contribution is 5.80. The Balaban J connectivity index is 4.74. The van der Waals surface area contributed by atoms with Gasteiger partial charge in [0.15, 0.2) is 0 Å². The van der Waals surface area contributed by atoms with Gasteiger partial charge in [0, 0.05) is 12.1 Å². The van der Waals surface area contributed by atoms with Crippen LogP contribution in [0.4, 0.5) is 0 Å². The average molecular weight is 286 g/mol. The lowest BCUT2D eigenvalue weighted by Gasteiger charge is -2.36. The van der Waals surface area contributed by atoms with Crippen molar-refractivity contribution in [1.29, 1.82) is 0 Å². The van der Waals surface area contributed by atoms with Gasteiger partial charge in [0.05, 0.1) is 6.61 Å². The van der Waals surface area contributed by atoms with E-state index in [4.69, 9.17) is 4.74 Å². The standard InChI is InChI=1S/C16H34N2O2/c1-8-10-11-18(7)14(5)12-16(6,17-13(3)4)15(19)20-9-2/h13-14,17H,8-12H2,1-7H3. The molecule has 0 rings (SSSR count). The SMILES string of the molecule is CCCCN(C)C(C)CC(C)(NC(C)C)C(=O)OCC. The summed E-state index contributed by atoms with van der Waals surface area (Å²) < 4.78 is 5.25. The van der Waals surface area contributed by atoms with Gasteiger partial charge in [-0.05, 0) is 61.1 Å². The maximum Gasteiger partial charge on any atom is 0.326 e. The first-order valence-electron chi connectivity index (χ1n) is 7.92. The van der Waals surface area contributed by atoms with Crippen LogP contribution in [-0.2, 0) is 9.53 Å². The van der Waals surface area contributed by atoms with E-state index in [0.29, 0.717) is 12.6 Å². The van der Waals surface area contributed by atoms with Gasteiger partial charge in [0.25, 0.3) is 0 Å². The second-order valence-corrected chi connectivity index (χ2v) is 6.24. The fourth-order valence-corrected chi connectivity index (χ4v) is 2.50. The van der Waals surface area contributed by atoms with Crippen LogP contribution in [0.1, 0.15) is 60.8 Å². The Labute approximate surface area is 125 Å². The molecular weight excluding hydrogens is 252 g/mol. The number of nitrogens with one attached hydrogen (secondary N) is 1. The van der Waals surface area contributed by atoms with Gasteiger partial charge in [-0.3, -0.25) is 10.1 Å². The number of nitrogens with zero attached hydrogens (tertiary/aromatic N) is 1. The minimum Gasteiger partial charge on any atom is -0.465 e. The summed E-state index contributed by atoms with van der Waals surface area (Å²) in [6.07, 6.45) is 3.13. The molecule has 0 aromatic heterocycles. The molecule has 0 aliphatic carbocycles. The molecule has 120 valence electrons. The number of carbonyl (C=O) groups excluding carboxylic acids is 1. The van der Waals surface area contributed by atoms with E-state index >= 15 is 0 Å². The minimum atomic E-state index is -0.621. The molecule has 4 nitrogen and oxygen atoms in total. The van der Waals surface area contributed by atoms with E-state index in [1.807, 2.05) is 13.8 Å². The molecule has 0 aromatic rings. The molecule has 20 heavy (non-hydrogen) atoms. The van der Waals surface area contributed by atoms with Crippen molar-refractivity contribution in [2.45, 2.75) is 78.4 Å². The van der Waals surface area contributed by atoms with Crippen molar-refractivity contribution in [3.8, 4) is 0 Å². The number of ether oxygens (including phenoxy) is 1. The number of unbranched alkanes of at least 4 members (excludes halogenated alkanes) is 1. The number of esters is 1. The van der Waals surface area contributed by atoms with Gasteiger partial charge >= 0.3 is 5.97 Å². The first-order chi connectivity index (χ1) is 9.26. The predicted molar refractivity (Wildman–Crippen MR) is 84.9 cm³/mol. The maximum atomic E-state index is 12.3. The van der Waals surface area contributed by atoms with Crippen LogP contribution in [0.25, 0.3) is 0 Å². The number of hydrogen-bond acceptors (Lipinski definition) is 4. The summed E-state index contributed by atoms with van der Waals surface area (Å²) in [5.74, 6) is -0.149. The quantitative estimate of drug-likeness (QED) is 0.627.